The Kier molecular flexibility index (Phi) is 5.78. The Hall–Kier alpha value is -1.80. The van der Waals surface area contributed by atoms with E-state index in [-0.39, 0.29) is 5.91 Å². The fraction of sp³-hybridized carbons (Fsp3) is 0.400. The van der Waals surface area contributed by atoms with Crippen molar-refractivity contribution in [2.45, 2.75) is 37.3 Å². The van der Waals surface area contributed by atoms with Crippen molar-refractivity contribution in [1.82, 2.24) is 5.32 Å². The molecule has 20 heavy (non-hydrogen) atoms. The SMILES string of the molecule is CC(=O)NCCC#Cc1cccc(S(=O)(=O)C(C)C)c1. The molecule has 1 rings (SSSR count). The van der Waals surface area contributed by atoms with Gasteiger partial charge in [-0.15, -0.1) is 0 Å². The molecule has 0 aliphatic carbocycles. The monoisotopic (exact) mass is 293 g/mol. The van der Waals surface area contributed by atoms with Gasteiger partial charge in [-0.3, -0.25) is 4.79 Å². The number of benzene rings is 1. The van der Waals surface area contributed by atoms with Crippen LogP contribution in [0.5, 0.6) is 0 Å². The number of carbonyl (C=O) groups is 1. The molecule has 0 aliphatic rings. The van der Waals surface area contributed by atoms with Crippen LogP contribution in [-0.2, 0) is 14.6 Å². The lowest BCUT2D eigenvalue weighted by Crippen LogP contribution is -2.20. The van der Waals surface area contributed by atoms with E-state index in [1.165, 1.54) is 6.92 Å². The third-order valence-electron chi connectivity index (χ3n) is 2.64. The highest BCUT2D eigenvalue weighted by Gasteiger charge is 2.18. The summed E-state index contributed by atoms with van der Waals surface area (Å²) in [5, 5.41) is 2.19. The highest BCUT2D eigenvalue weighted by atomic mass is 32.2. The fourth-order valence-electron chi connectivity index (χ4n) is 1.49. The molecule has 0 radical (unpaired) electrons. The van der Waals surface area contributed by atoms with E-state index >= 15 is 0 Å². The predicted octanol–water partition coefficient (Wildman–Crippen LogP) is 1.75. The molecule has 0 atom stereocenters. The Morgan fingerprint density at radius 3 is 2.65 bits per heavy atom. The molecule has 5 heteroatoms. The van der Waals surface area contributed by atoms with Crippen molar-refractivity contribution in [1.29, 1.82) is 0 Å². The van der Waals surface area contributed by atoms with Crippen LogP contribution in [0.3, 0.4) is 0 Å². The van der Waals surface area contributed by atoms with Crippen LogP contribution in [0.4, 0.5) is 0 Å². The van der Waals surface area contributed by atoms with Crippen LogP contribution in [0.25, 0.3) is 0 Å². The lowest BCUT2D eigenvalue weighted by molar-refractivity contribution is -0.118. The van der Waals surface area contributed by atoms with Gasteiger partial charge in [0.1, 0.15) is 0 Å². The molecule has 1 aromatic rings. The average molecular weight is 293 g/mol. The summed E-state index contributed by atoms with van der Waals surface area (Å²) in [7, 11) is -3.27. The van der Waals surface area contributed by atoms with Crippen molar-refractivity contribution in [2.24, 2.45) is 0 Å². The molecule has 108 valence electrons. The lowest BCUT2D eigenvalue weighted by Gasteiger charge is -2.07. The van der Waals surface area contributed by atoms with Gasteiger partial charge < -0.3 is 5.32 Å². The van der Waals surface area contributed by atoms with Crippen molar-refractivity contribution in [3.8, 4) is 11.8 Å². The molecule has 0 saturated carbocycles. The molecule has 0 spiro atoms. The first kappa shape index (κ1) is 16.3. The minimum Gasteiger partial charge on any atom is -0.355 e. The Bertz CT molecular complexity index is 637. The van der Waals surface area contributed by atoms with Gasteiger partial charge in [0.25, 0.3) is 0 Å². The van der Waals surface area contributed by atoms with E-state index in [4.69, 9.17) is 0 Å². The van der Waals surface area contributed by atoms with Gasteiger partial charge in [0.2, 0.25) is 5.91 Å². The molecular weight excluding hydrogens is 274 g/mol. The third kappa shape index (κ3) is 4.71. The van der Waals surface area contributed by atoms with Gasteiger partial charge in [-0.05, 0) is 32.0 Å². The number of amides is 1. The number of sulfone groups is 1. The van der Waals surface area contributed by atoms with Crippen LogP contribution in [-0.4, -0.2) is 26.1 Å². The molecule has 0 fully saturated rings. The normalized spacial score (nSPS) is 10.8. The second kappa shape index (κ2) is 7.11. The minimum absolute atomic E-state index is 0.0863. The number of hydrogen-bond acceptors (Lipinski definition) is 3. The molecule has 0 heterocycles. The smallest absolute Gasteiger partial charge is 0.216 e. The Morgan fingerprint density at radius 1 is 1.35 bits per heavy atom. The largest absolute Gasteiger partial charge is 0.355 e. The van der Waals surface area contributed by atoms with Crippen LogP contribution in [0.2, 0.25) is 0 Å². The maximum atomic E-state index is 12.0. The molecule has 1 aromatic carbocycles. The average Bonchev–Trinajstić information content (AvgIpc) is 2.38. The molecule has 0 aromatic heterocycles. The van der Waals surface area contributed by atoms with Gasteiger partial charge in [0.15, 0.2) is 9.84 Å². The van der Waals surface area contributed by atoms with Crippen LogP contribution < -0.4 is 5.32 Å². The Balaban J connectivity index is 2.80. The maximum absolute atomic E-state index is 12.0. The summed E-state index contributed by atoms with van der Waals surface area (Å²) in [6.45, 7) is 5.25. The molecule has 0 aliphatic heterocycles. The van der Waals surface area contributed by atoms with E-state index in [1.807, 2.05) is 0 Å². The number of carbonyl (C=O) groups excluding carboxylic acids is 1. The lowest BCUT2D eigenvalue weighted by atomic mass is 10.2. The van der Waals surface area contributed by atoms with Gasteiger partial charge in [0.05, 0.1) is 10.1 Å². The molecule has 0 bridgehead atoms. The molecular formula is C15H19NO3S. The number of nitrogens with one attached hydrogen (secondary N) is 1. The molecule has 0 saturated heterocycles. The van der Waals surface area contributed by atoms with Gasteiger partial charge in [-0.2, -0.15) is 0 Å². The van der Waals surface area contributed by atoms with Crippen molar-refractivity contribution < 1.29 is 13.2 Å². The summed E-state index contributed by atoms with van der Waals surface area (Å²) >= 11 is 0. The van der Waals surface area contributed by atoms with E-state index in [1.54, 1.807) is 38.1 Å². The first-order chi connectivity index (χ1) is 9.34. The fourth-order valence-corrected chi connectivity index (χ4v) is 2.59. The first-order valence-electron chi connectivity index (χ1n) is 6.41. The molecule has 0 unspecified atom stereocenters. The zero-order valence-electron chi connectivity index (χ0n) is 11.9. The minimum atomic E-state index is -3.27. The zero-order chi connectivity index (χ0) is 15.2. The van der Waals surface area contributed by atoms with Gasteiger partial charge in [-0.25, -0.2) is 8.42 Å². The summed E-state index contributed by atoms with van der Waals surface area (Å²) in [6, 6.07) is 6.62. The van der Waals surface area contributed by atoms with E-state index in [0.717, 1.165) is 0 Å². The summed E-state index contributed by atoms with van der Waals surface area (Å²) < 4.78 is 24.1. The van der Waals surface area contributed by atoms with Crippen LogP contribution >= 0.6 is 0 Å². The second-order valence-electron chi connectivity index (χ2n) is 4.66. The van der Waals surface area contributed by atoms with Crippen molar-refractivity contribution in [3.63, 3.8) is 0 Å². The molecule has 1 amide bonds. The topological polar surface area (TPSA) is 63.2 Å². The van der Waals surface area contributed by atoms with Crippen LogP contribution in [0.15, 0.2) is 29.2 Å². The number of rotatable bonds is 4. The zero-order valence-corrected chi connectivity index (χ0v) is 12.8. The molecule has 1 N–H and O–H groups in total. The first-order valence-corrected chi connectivity index (χ1v) is 7.96. The van der Waals surface area contributed by atoms with Crippen LogP contribution in [0.1, 0.15) is 32.8 Å². The molecule has 4 nitrogen and oxygen atoms in total. The van der Waals surface area contributed by atoms with Crippen LogP contribution in [0, 0.1) is 11.8 Å². The van der Waals surface area contributed by atoms with Gasteiger partial charge in [-0.1, -0.05) is 17.9 Å². The quantitative estimate of drug-likeness (QED) is 0.679. The summed E-state index contributed by atoms with van der Waals surface area (Å²) in [6.07, 6.45) is 0.529. The van der Waals surface area contributed by atoms with Gasteiger partial charge in [0, 0.05) is 25.5 Å². The Morgan fingerprint density at radius 2 is 2.05 bits per heavy atom. The third-order valence-corrected chi connectivity index (χ3v) is 4.79. The number of hydrogen-bond donors (Lipinski definition) is 1. The van der Waals surface area contributed by atoms with Crippen molar-refractivity contribution in [2.75, 3.05) is 6.54 Å². The van der Waals surface area contributed by atoms with E-state index < -0.39 is 15.1 Å². The Labute approximate surface area is 120 Å². The van der Waals surface area contributed by atoms with E-state index in [0.29, 0.717) is 23.4 Å². The predicted molar refractivity (Wildman–Crippen MR) is 78.9 cm³/mol. The second-order valence-corrected chi connectivity index (χ2v) is 7.16. The summed E-state index contributed by atoms with van der Waals surface area (Å²) in [5.41, 5.74) is 0.662. The van der Waals surface area contributed by atoms with Crippen molar-refractivity contribution in [3.05, 3.63) is 29.8 Å². The maximum Gasteiger partial charge on any atom is 0.216 e. The van der Waals surface area contributed by atoms with E-state index in [9.17, 15) is 13.2 Å². The van der Waals surface area contributed by atoms with Crippen molar-refractivity contribution >= 4 is 15.7 Å². The highest BCUT2D eigenvalue weighted by Crippen LogP contribution is 2.16. The van der Waals surface area contributed by atoms with E-state index in [2.05, 4.69) is 17.2 Å². The summed E-state index contributed by atoms with van der Waals surface area (Å²) in [4.78, 5) is 11.0. The van der Waals surface area contributed by atoms with Gasteiger partial charge >= 0.3 is 0 Å². The highest BCUT2D eigenvalue weighted by molar-refractivity contribution is 7.92. The standard InChI is InChI=1S/C15H19NO3S/c1-12(2)20(18,19)15-9-6-8-14(11-15)7-4-5-10-16-13(3)17/h6,8-9,11-12H,5,10H2,1-3H3,(H,16,17). The summed E-state index contributed by atoms with van der Waals surface area (Å²) in [5.74, 6) is 5.72.